The van der Waals surface area contributed by atoms with E-state index >= 15 is 0 Å². The van der Waals surface area contributed by atoms with Gasteiger partial charge in [-0.1, -0.05) is 18.2 Å². The highest BCUT2D eigenvalue weighted by Gasteiger charge is 2.08. The summed E-state index contributed by atoms with van der Waals surface area (Å²) in [5.74, 6) is 0.0141. The fraction of sp³-hybridized carbons (Fsp3) is 0.263. The van der Waals surface area contributed by atoms with Crippen molar-refractivity contribution in [2.45, 2.75) is 13.0 Å². The van der Waals surface area contributed by atoms with Crippen molar-refractivity contribution in [2.75, 3.05) is 19.7 Å². The van der Waals surface area contributed by atoms with Crippen molar-refractivity contribution < 1.29 is 18.7 Å². The van der Waals surface area contributed by atoms with Gasteiger partial charge in [0.1, 0.15) is 18.2 Å². The first kappa shape index (κ1) is 19.2. The largest absolute Gasteiger partial charge is 0.491 e. The number of urea groups is 1. The minimum absolute atomic E-state index is 0.186. The molecule has 6 nitrogen and oxygen atoms in total. The number of halogens is 1. The van der Waals surface area contributed by atoms with E-state index in [1.54, 1.807) is 31.2 Å². The van der Waals surface area contributed by atoms with Gasteiger partial charge in [0.25, 0.3) is 5.91 Å². The van der Waals surface area contributed by atoms with Crippen molar-refractivity contribution in [1.29, 1.82) is 0 Å². The summed E-state index contributed by atoms with van der Waals surface area (Å²) in [6.07, 6.45) is 0. The molecule has 3 N–H and O–H groups in total. The van der Waals surface area contributed by atoms with Crippen LogP contribution in [0.2, 0.25) is 0 Å². The highest BCUT2D eigenvalue weighted by atomic mass is 19.1. The van der Waals surface area contributed by atoms with Crippen molar-refractivity contribution in [1.82, 2.24) is 16.0 Å². The van der Waals surface area contributed by atoms with Crippen LogP contribution in [0.15, 0.2) is 54.6 Å². The van der Waals surface area contributed by atoms with Gasteiger partial charge >= 0.3 is 6.03 Å². The van der Waals surface area contributed by atoms with Crippen molar-refractivity contribution in [3.63, 3.8) is 0 Å². The third-order valence-corrected chi connectivity index (χ3v) is 3.42. The van der Waals surface area contributed by atoms with E-state index in [0.29, 0.717) is 24.4 Å². The number of ether oxygens (including phenoxy) is 1. The number of carbonyl (C=O) groups is 2. The molecular weight excluding hydrogens is 337 g/mol. The maximum absolute atomic E-state index is 12.8. The van der Waals surface area contributed by atoms with Crippen LogP contribution in [0, 0.1) is 5.82 Å². The number of nitrogens with one attached hydrogen (secondary N) is 3. The Labute approximate surface area is 151 Å². The van der Waals surface area contributed by atoms with Crippen LogP contribution in [0.25, 0.3) is 0 Å². The lowest BCUT2D eigenvalue weighted by atomic mass is 10.2. The van der Waals surface area contributed by atoms with Crippen LogP contribution in [-0.2, 0) is 0 Å². The molecule has 0 saturated carbocycles. The Morgan fingerprint density at radius 1 is 1.00 bits per heavy atom. The van der Waals surface area contributed by atoms with Gasteiger partial charge in [0, 0.05) is 18.7 Å². The molecule has 0 heterocycles. The molecule has 7 heteroatoms. The molecule has 0 aromatic heterocycles. The number of carbonyl (C=O) groups excluding carboxylic acids is 2. The predicted octanol–water partition coefficient (Wildman–Crippen LogP) is 2.32. The van der Waals surface area contributed by atoms with E-state index in [1.807, 2.05) is 6.07 Å². The van der Waals surface area contributed by atoms with Gasteiger partial charge in [-0.25, -0.2) is 9.18 Å². The Hall–Kier alpha value is -3.09. The lowest BCUT2D eigenvalue weighted by molar-refractivity contribution is 0.0954. The van der Waals surface area contributed by atoms with Crippen LogP contribution in [0.3, 0.4) is 0 Å². The molecule has 1 atom stereocenters. The highest BCUT2D eigenvalue weighted by molar-refractivity contribution is 5.94. The summed E-state index contributed by atoms with van der Waals surface area (Å²) in [5.41, 5.74) is 0.573. The molecule has 138 valence electrons. The minimum atomic E-state index is -0.353. The molecule has 2 aromatic carbocycles. The molecule has 26 heavy (non-hydrogen) atoms. The number of amides is 3. The minimum Gasteiger partial charge on any atom is -0.491 e. The number of rotatable bonds is 8. The summed E-state index contributed by atoms with van der Waals surface area (Å²) in [6, 6.07) is 13.9. The zero-order chi connectivity index (χ0) is 18.8. The van der Waals surface area contributed by atoms with E-state index in [9.17, 15) is 14.0 Å². The summed E-state index contributed by atoms with van der Waals surface area (Å²) in [6.45, 7) is 2.67. The van der Waals surface area contributed by atoms with Gasteiger partial charge in [0.15, 0.2) is 0 Å². The number of hydrogen-bond acceptors (Lipinski definition) is 3. The van der Waals surface area contributed by atoms with Crippen LogP contribution in [0.5, 0.6) is 5.75 Å². The molecule has 0 radical (unpaired) electrons. The van der Waals surface area contributed by atoms with E-state index in [2.05, 4.69) is 16.0 Å². The molecule has 2 rings (SSSR count). The standard InChI is InChI=1S/C19H22FN3O3/c1-14(13-26-17-9-7-16(20)8-10-17)23-19(25)22-12-11-21-18(24)15-5-3-2-4-6-15/h2-10,14H,11-13H2,1H3,(H,21,24)(H2,22,23,25). The molecule has 1 unspecified atom stereocenters. The SMILES string of the molecule is CC(COc1ccc(F)cc1)NC(=O)NCCNC(=O)c1ccccc1. The maximum atomic E-state index is 12.8. The lowest BCUT2D eigenvalue weighted by Crippen LogP contribution is -2.45. The second-order valence-electron chi connectivity index (χ2n) is 5.69. The first-order valence-electron chi connectivity index (χ1n) is 8.30. The normalized spacial score (nSPS) is 11.3. The van der Waals surface area contributed by atoms with Crippen molar-refractivity contribution in [3.05, 3.63) is 66.0 Å². The summed E-state index contributed by atoms with van der Waals surface area (Å²) < 4.78 is 18.3. The van der Waals surface area contributed by atoms with Gasteiger partial charge in [0.05, 0.1) is 6.04 Å². The molecule has 0 bridgehead atoms. The molecule has 0 spiro atoms. The predicted molar refractivity (Wildman–Crippen MR) is 96.7 cm³/mol. The van der Waals surface area contributed by atoms with Crippen molar-refractivity contribution >= 4 is 11.9 Å². The molecular formula is C19H22FN3O3. The lowest BCUT2D eigenvalue weighted by Gasteiger charge is -2.15. The fourth-order valence-corrected chi connectivity index (χ4v) is 2.11. The molecule has 2 aromatic rings. The monoisotopic (exact) mass is 359 g/mol. The van der Waals surface area contributed by atoms with Gasteiger partial charge in [-0.05, 0) is 43.3 Å². The van der Waals surface area contributed by atoms with E-state index < -0.39 is 0 Å². The third kappa shape index (κ3) is 6.80. The first-order chi connectivity index (χ1) is 12.5. The summed E-state index contributed by atoms with van der Waals surface area (Å²) in [4.78, 5) is 23.6. The quantitative estimate of drug-likeness (QED) is 0.633. The molecule has 0 saturated heterocycles. The van der Waals surface area contributed by atoms with E-state index in [1.165, 1.54) is 24.3 Å². The molecule has 3 amide bonds. The average Bonchev–Trinajstić information content (AvgIpc) is 2.65. The molecule has 0 aliphatic rings. The Kier molecular flexibility index (Phi) is 7.42. The maximum Gasteiger partial charge on any atom is 0.315 e. The number of benzene rings is 2. The van der Waals surface area contributed by atoms with Gasteiger partial charge in [-0.2, -0.15) is 0 Å². The number of hydrogen-bond donors (Lipinski definition) is 3. The van der Waals surface area contributed by atoms with Crippen LogP contribution in [0.1, 0.15) is 17.3 Å². The van der Waals surface area contributed by atoms with Crippen LogP contribution >= 0.6 is 0 Å². The Bertz CT molecular complexity index is 708. The third-order valence-electron chi connectivity index (χ3n) is 3.42. The molecule has 0 aliphatic carbocycles. The Balaban J connectivity index is 1.59. The summed E-state index contributed by atoms with van der Waals surface area (Å²) in [5, 5.41) is 8.10. The summed E-state index contributed by atoms with van der Waals surface area (Å²) in [7, 11) is 0. The van der Waals surface area contributed by atoms with Crippen molar-refractivity contribution in [3.8, 4) is 5.75 Å². The zero-order valence-electron chi connectivity index (χ0n) is 14.5. The Morgan fingerprint density at radius 2 is 1.65 bits per heavy atom. The van der Waals surface area contributed by atoms with Crippen LogP contribution in [0.4, 0.5) is 9.18 Å². The van der Waals surface area contributed by atoms with E-state index in [0.717, 1.165) is 0 Å². The van der Waals surface area contributed by atoms with Crippen LogP contribution in [-0.4, -0.2) is 37.7 Å². The second kappa shape index (κ2) is 10.0. The van der Waals surface area contributed by atoms with Gasteiger partial charge in [-0.15, -0.1) is 0 Å². The van der Waals surface area contributed by atoms with E-state index in [4.69, 9.17) is 4.74 Å². The molecule has 0 aliphatic heterocycles. The molecule has 0 fully saturated rings. The first-order valence-corrected chi connectivity index (χ1v) is 8.30. The van der Waals surface area contributed by atoms with Crippen LogP contribution < -0.4 is 20.7 Å². The van der Waals surface area contributed by atoms with E-state index in [-0.39, 0.29) is 30.4 Å². The van der Waals surface area contributed by atoms with Gasteiger partial charge in [-0.3, -0.25) is 4.79 Å². The van der Waals surface area contributed by atoms with Gasteiger partial charge in [0.2, 0.25) is 0 Å². The smallest absolute Gasteiger partial charge is 0.315 e. The summed E-state index contributed by atoms with van der Waals surface area (Å²) >= 11 is 0. The zero-order valence-corrected chi connectivity index (χ0v) is 14.5. The second-order valence-corrected chi connectivity index (χ2v) is 5.69. The average molecular weight is 359 g/mol. The topological polar surface area (TPSA) is 79.5 Å². The fourth-order valence-electron chi connectivity index (χ4n) is 2.11. The Morgan fingerprint density at radius 3 is 2.35 bits per heavy atom. The van der Waals surface area contributed by atoms with Gasteiger partial charge < -0.3 is 20.7 Å². The highest BCUT2D eigenvalue weighted by Crippen LogP contribution is 2.11. The van der Waals surface area contributed by atoms with Crippen molar-refractivity contribution in [2.24, 2.45) is 0 Å².